The lowest BCUT2D eigenvalue weighted by Gasteiger charge is -2.46. The van der Waals surface area contributed by atoms with Crippen LogP contribution in [0.2, 0.25) is 0 Å². The quantitative estimate of drug-likeness (QED) is 0.889. The number of ketones is 1. The van der Waals surface area contributed by atoms with Crippen molar-refractivity contribution < 1.29 is 22.0 Å². The van der Waals surface area contributed by atoms with Gasteiger partial charge in [-0.15, -0.1) is 0 Å². The molecule has 24 heavy (non-hydrogen) atoms. The van der Waals surface area contributed by atoms with E-state index in [0.29, 0.717) is 25.8 Å². The lowest BCUT2D eigenvalue weighted by Crippen LogP contribution is -2.53. The zero-order chi connectivity index (χ0) is 17.1. The van der Waals surface area contributed by atoms with E-state index in [1.807, 2.05) is 0 Å². The molecule has 3 aliphatic rings. The third-order valence-electron chi connectivity index (χ3n) is 5.29. The Hall–Kier alpha value is -1.35. The highest BCUT2D eigenvalue weighted by atomic mass is 32.2. The van der Waals surface area contributed by atoms with Crippen LogP contribution >= 0.6 is 0 Å². The molecule has 0 radical (unpaired) electrons. The van der Waals surface area contributed by atoms with E-state index >= 15 is 0 Å². The molecule has 1 N–H and O–H groups in total. The fourth-order valence-electron chi connectivity index (χ4n) is 3.83. The molecule has 2 heterocycles. The van der Waals surface area contributed by atoms with Crippen LogP contribution in [-0.4, -0.2) is 35.9 Å². The van der Waals surface area contributed by atoms with E-state index in [0.717, 1.165) is 25.3 Å². The lowest BCUT2D eigenvalue weighted by atomic mass is 9.62. The van der Waals surface area contributed by atoms with Gasteiger partial charge in [0.2, 0.25) is 9.84 Å². The molecule has 3 fully saturated rings. The summed E-state index contributed by atoms with van der Waals surface area (Å²) in [5, 5.41) is 5.84. The minimum Gasteiger partial charge on any atom is -0.301 e. The third-order valence-corrected chi connectivity index (χ3v) is 7.26. The molecule has 6 nitrogen and oxygen atoms in total. The Kier molecular flexibility index (Phi) is 3.58. The highest BCUT2D eigenvalue weighted by Gasteiger charge is 2.50. The van der Waals surface area contributed by atoms with Crippen LogP contribution in [0.5, 0.6) is 0 Å². The van der Waals surface area contributed by atoms with Crippen molar-refractivity contribution in [3.05, 3.63) is 11.8 Å². The van der Waals surface area contributed by atoms with E-state index < -0.39 is 27.3 Å². The number of carbonyl (C=O) groups excluding carboxylic acids is 1. The first-order valence-electron chi connectivity index (χ1n) is 8.17. The van der Waals surface area contributed by atoms with Gasteiger partial charge >= 0.3 is 0 Å². The van der Waals surface area contributed by atoms with Gasteiger partial charge in [0.05, 0.1) is 6.04 Å². The first kappa shape index (κ1) is 16.1. The zero-order valence-electron chi connectivity index (χ0n) is 13.0. The molecular formula is C15H19F2N3O3S. The van der Waals surface area contributed by atoms with Crippen molar-refractivity contribution in [3.63, 3.8) is 0 Å². The molecule has 0 bridgehead atoms. The Labute approximate surface area is 138 Å². The number of sulfone groups is 1. The number of halogens is 2. The van der Waals surface area contributed by atoms with Gasteiger partial charge in [-0.1, -0.05) is 0 Å². The van der Waals surface area contributed by atoms with Gasteiger partial charge in [0.25, 0.3) is 6.43 Å². The fourth-order valence-corrected chi connectivity index (χ4v) is 5.77. The summed E-state index contributed by atoms with van der Waals surface area (Å²) < 4.78 is 53.3. The zero-order valence-corrected chi connectivity index (χ0v) is 13.9. The first-order valence-corrected chi connectivity index (χ1v) is 9.72. The fraction of sp³-hybridized carbons (Fsp3) is 0.733. The molecule has 2 saturated carbocycles. The summed E-state index contributed by atoms with van der Waals surface area (Å²) in [6, 6.07) is 0.901. The predicted octanol–water partition coefficient (Wildman–Crippen LogP) is 1.99. The van der Waals surface area contributed by atoms with Crippen molar-refractivity contribution in [2.45, 2.75) is 61.4 Å². The second-order valence-corrected chi connectivity index (χ2v) is 9.30. The number of nitrogens with one attached hydrogen (secondary N) is 1. The van der Waals surface area contributed by atoms with Gasteiger partial charge in [-0.3, -0.25) is 9.48 Å². The molecule has 2 aliphatic carbocycles. The first-order chi connectivity index (χ1) is 11.3. The normalized spacial score (nSPS) is 26.8. The summed E-state index contributed by atoms with van der Waals surface area (Å²) in [7, 11) is -3.83. The van der Waals surface area contributed by atoms with Gasteiger partial charge in [0.15, 0.2) is 5.03 Å². The van der Waals surface area contributed by atoms with Gasteiger partial charge in [-0.2, -0.15) is 5.10 Å². The van der Waals surface area contributed by atoms with Crippen LogP contribution in [0.1, 0.15) is 56.7 Å². The molecule has 1 atom stereocenters. The summed E-state index contributed by atoms with van der Waals surface area (Å²) in [5.41, 5.74) is -0.736. The van der Waals surface area contributed by atoms with E-state index in [2.05, 4.69) is 10.4 Å². The number of hydrogen-bond acceptors (Lipinski definition) is 5. The maximum atomic E-state index is 13.0. The third kappa shape index (κ3) is 2.57. The number of aromatic nitrogens is 2. The van der Waals surface area contributed by atoms with Gasteiger partial charge in [0.1, 0.15) is 16.9 Å². The van der Waals surface area contributed by atoms with E-state index in [-0.39, 0.29) is 22.3 Å². The monoisotopic (exact) mass is 359 g/mol. The number of hydrogen-bond donors (Lipinski definition) is 1. The maximum Gasteiger partial charge on any atom is 0.282 e. The molecule has 1 aliphatic heterocycles. The molecule has 4 rings (SSSR count). The van der Waals surface area contributed by atoms with Crippen molar-refractivity contribution in [2.75, 3.05) is 6.54 Å². The number of piperidine rings is 1. The van der Waals surface area contributed by atoms with Crippen LogP contribution in [0, 0.1) is 5.41 Å². The average Bonchev–Trinajstić information content (AvgIpc) is 3.23. The van der Waals surface area contributed by atoms with Gasteiger partial charge in [-0.25, -0.2) is 17.2 Å². The minimum atomic E-state index is -3.83. The van der Waals surface area contributed by atoms with Crippen molar-refractivity contribution >= 4 is 15.6 Å². The van der Waals surface area contributed by atoms with Crippen molar-refractivity contribution in [1.82, 2.24) is 15.1 Å². The predicted molar refractivity (Wildman–Crippen MR) is 80.3 cm³/mol. The van der Waals surface area contributed by atoms with E-state index in [4.69, 9.17) is 0 Å². The summed E-state index contributed by atoms with van der Waals surface area (Å²) in [5.74, 6) is 0.163. The largest absolute Gasteiger partial charge is 0.301 e. The second-order valence-electron chi connectivity index (χ2n) is 7.22. The van der Waals surface area contributed by atoms with E-state index in [9.17, 15) is 22.0 Å². The molecule has 1 aromatic heterocycles. The number of rotatable bonds is 4. The minimum absolute atomic E-state index is 0.106. The Morgan fingerprint density at radius 1 is 1.33 bits per heavy atom. The molecule has 1 saturated heterocycles. The highest BCUT2D eigenvalue weighted by molar-refractivity contribution is 7.92. The Morgan fingerprint density at radius 2 is 2.04 bits per heavy atom. The standard InChI is InChI=1S/C15H19F2N3O3S/c16-14(17)11-5-13(20(19-11)9-1-2-9)24(22,23)12-8-15(3-4-18-12)6-10(21)7-15/h5,9,12,14,18H,1-4,6-8H2. The summed E-state index contributed by atoms with van der Waals surface area (Å²) in [6.07, 6.45) is 0.673. The van der Waals surface area contributed by atoms with Crippen LogP contribution in [-0.2, 0) is 14.6 Å². The maximum absolute atomic E-state index is 13.0. The molecule has 132 valence electrons. The Bertz CT molecular complexity index is 778. The SMILES string of the molecule is O=C1CC2(CCNC(S(=O)(=O)c3cc(C(F)F)nn3C3CC3)C2)C1. The smallest absolute Gasteiger partial charge is 0.282 e. The number of Topliss-reactive ketones (excluding diaryl/α,β-unsaturated/α-hetero) is 1. The molecule has 0 amide bonds. The van der Waals surface area contributed by atoms with Crippen molar-refractivity contribution in [2.24, 2.45) is 5.41 Å². The molecule has 1 spiro atoms. The Balaban J connectivity index is 1.66. The number of alkyl halides is 2. The molecular weight excluding hydrogens is 340 g/mol. The number of carbonyl (C=O) groups is 1. The summed E-state index contributed by atoms with van der Waals surface area (Å²) >= 11 is 0. The Morgan fingerprint density at radius 3 is 2.62 bits per heavy atom. The molecule has 1 unspecified atom stereocenters. The summed E-state index contributed by atoms with van der Waals surface area (Å²) in [6.45, 7) is 0.510. The summed E-state index contributed by atoms with van der Waals surface area (Å²) in [4.78, 5) is 11.4. The topological polar surface area (TPSA) is 81.1 Å². The van der Waals surface area contributed by atoms with Crippen LogP contribution in [0.4, 0.5) is 8.78 Å². The van der Waals surface area contributed by atoms with Crippen LogP contribution in [0.3, 0.4) is 0 Å². The van der Waals surface area contributed by atoms with E-state index in [1.165, 1.54) is 4.68 Å². The van der Waals surface area contributed by atoms with Crippen LogP contribution < -0.4 is 5.32 Å². The molecule has 9 heteroatoms. The van der Waals surface area contributed by atoms with Crippen LogP contribution in [0.25, 0.3) is 0 Å². The lowest BCUT2D eigenvalue weighted by molar-refractivity contribution is -0.134. The number of nitrogens with zero attached hydrogens (tertiary/aromatic N) is 2. The van der Waals surface area contributed by atoms with Gasteiger partial charge in [-0.05, 0) is 37.6 Å². The van der Waals surface area contributed by atoms with Crippen LogP contribution in [0.15, 0.2) is 11.1 Å². The molecule has 1 aromatic rings. The van der Waals surface area contributed by atoms with E-state index in [1.54, 1.807) is 0 Å². The highest BCUT2D eigenvalue weighted by Crippen LogP contribution is 2.48. The van der Waals surface area contributed by atoms with Gasteiger partial charge < -0.3 is 5.32 Å². The molecule has 0 aromatic carbocycles. The second kappa shape index (κ2) is 5.32. The van der Waals surface area contributed by atoms with Crippen molar-refractivity contribution in [3.8, 4) is 0 Å². The average molecular weight is 359 g/mol. The van der Waals surface area contributed by atoms with Gasteiger partial charge in [0, 0.05) is 18.9 Å². The van der Waals surface area contributed by atoms with Crippen molar-refractivity contribution in [1.29, 1.82) is 0 Å².